The number of hydrogen-bond donors (Lipinski definition) is 2. The molecule has 3 aromatic rings. The van der Waals surface area contributed by atoms with E-state index in [-0.39, 0.29) is 22.5 Å². The fourth-order valence-corrected chi connectivity index (χ4v) is 5.69. The zero-order valence-corrected chi connectivity index (χ0v) is 21.3. The second-order valence-electron chi connectivity index (χ2n) is 9.17. The highest BCUT2D eigenvalue weighted by atomic mass is 32.2. The van der Waals surface area contributed by atoms with Gasteiger partial charge in [0.2, 0.25) is 0 Å². The summed E-state index contributed by atoms with van der Waals surface area (Å²) in [6.07, 6.45) is 1.82. The first-order chi connectivity index (χ1) is 16.6. The van der Waals surface area contributed by atoms with Crippen LogP contribution in [-0.2, 0) is 17.1 Å². The molecule has 0 bridgehead atoms. The van der Waals surface area contributed by atoms with E-state index in [4.69, 9.17) is 0 Å². The number of amides is 1. The highest BCUT2D eigenvalue weighted by molar-refractivity contribution is 7.92. The van der Waals surface area contributed by atoms with E-state index in [0.717, 1.165) is 25.9 Å². The molecule has 1 saturated heterocycles. The van der Waals surface area contributed by atoms with Gasteiger partial charge in [0.15, 0.2) is 0 Å². The first-order valence-electron chi connectivity index (χ1n) is 11.7. The Morgan fingerprint density at radius 3 is 2.40 bits per heavy atom. The third kappa shape index (κ3) is 4.89. The molecular weight excluding hydrogens is 466 g/mol. The van der Waals surface area contributed by atoms with E-state index >= 15 is 0 Å². The number of hydrogen-bond acceptors (Lipinski definition) is 4. The number of carbonyl (C=O) groups is 1. The molecule has 9 nitrogen and oxygen atoms in total. The van der Waals surface area contributed by atoms with Crippen molar-refractivity contribution in [2.75, 3.05) is 31.9 Å². The molecular formula is C25H32N5O4S+. The molecule has 0 radical (unpaired) electrons. The first kappa shape index (κ1) is 24.7. The third-order valence-corrected chi connectivity index (χ3v) is 8.21. The van der Waals surface area contributed by atoms with Crippen molar-refractivity contribution < 1.29 is 18.1 Å². The van der Waals surface area contributed by atoms with E-state index in [9.17, 15) is 18.0 Å². The minimum Gasteiger partial charge on any atom is -0.338 e. The lowest BCUT2D eigenvalue weighted by Crippen LogP contribution is -3.10. The van der Waals surface area contributed by atoms with Crippen molar-refractivity contribution in [2.45, 2.75) is 30.7 Å². The number of nitrogens with one attached hydrogen (secondary N) is 2. The lowest BCUT2D eigenvalue weighted by molar-refractivity contribution is -0.885. The van der Waals surface area contributed by atoms with Crippen molar-refractivity contribution in [2.24, 2.45) is 7.05 Å². The largest absolute Gasteiger partial charge is 0.338 e. The fourth-order valence-electron chi connectivity index (χ4n) is 4.53. The smallest absolute Gasteiger partial charge is 0.296 e. The second kappa shape index (κ2) is 9.71. The highest BCUT2D eigenvalue weighted by Gasteiger charge is 2.28. The predicted molar refractivity (Wildman–Crippen MR) is 135 cm³/mol. The molecule has 0 aliphatic carbocycles. The molecule has 1 amide bonds. The molecule has 1 aliphatic heterocycles. The van der Waals surface area contributed by atoms with Gasteiger partial charge in [0.05, 0.1) is 36.4 Å². The van der Waals surface area contributed by atoms with Crippen molar-refractivity contribution >= 4 is 21.6 Å². The molecule has 1 aromatic heterocycles. The summed E-state index contributed by atoms with van der Waals surface area (Å²) in [6.45, 7) is 3.67. The topological polar surface area (TPSA) is 97.9 Å². The maximum atomic E-state index is 13.2. The van der Waals surface area contributed by atoms with E-state index < -0.39 is 15.6 Å². The van der Waals surface area contributed by atoms with Gasteiger partial charge in [-0.1, -0.05) is 24.3 Å². The molecule has 2 N–H and O–H groups in total. The van der Waals surface area contributed by atoms with Crippen LogP contribution in [0.2, 0.25) is 0 Å². The maximum absolute atomic E-state index is 13.2. The van der Waals surface area contributed by atoms with Gasteiger partial charge in [-0.15, -0.1) is 0 Å². The van der Waals surface area contributed by atoms with Crippen LogP contribution in [-0.4, -0.2) is 61.8 Å². The number of para-hydroxylation sites is 1. The van der Waals surface area contributed by atoms with E-state index in [1.54, 1.807) is 67.0 Å². The zero-order chi connectivity index (χ0) is 25.3. The van der Waals surface area contributed by atoms with E-state index in [1.807, 2.05) is 6.07 Å². The number of carbonyl (C=O) groups excluding carboxylic acids is 1. The van der Waals surface area contributed by atoms with Crippen molar-refractivity contribution in [1.29, 1.82) is 0 Å². The molecule has 2 heterocycles. The number of likely N-dealkylation sites (tertiary alicyclic amines) is 1. The molecule has 1 aliphatic rings. The molecule has 186 valence electrons. The summed E-state index contributed by atoms with van der Waals surface area (Å²) < 4.78 is 32.0. The second-order valence-corrected chi connectivity index (χ2v) is 10.9. The van der Waals surface area contributed by atoms with Gasteiger partial charge < -0.3 is 9.80 Å². The molecule has 2 aromatic carbocycles. The van der Waals surface area contributed by atoms with E-state index in [0.29, 0.717) is 16.9 Å². The van der Waals surface area contributed by atoms with E-state index in [1.165, 1.54) is 21.7 Å². The minimum absolute atomic E-state index is 0.0287. The number of anilines is 1. The van der Waals surface area contributed by atoms with Crippen molar-refractivity contribution in [1.82, 2.24) is 14.3 Å². The summed E-state index contributed by atoms with van der Waals surface area (Å²) in [4.78, 5) is 29.3. The summed E-state index contributed by atoms with van der Waals surface area (Å²) in [6, 6.07) is 15.1. The Kier molecular flexibility index (Phi) is 6.86. The highest BCUT2D eigenvalue weighted by Crippen LogP contribution is 2.21. The quantitative estimate of drug-likeness (QED) is 0.531. The van der Waals surface area contributed by atoms with E-state index in [2.05, 4.69) is 11.8 Å². The standard InChI is InChI=1S/C25H31N5O4S/c1-18-23(25(32)30(29(18)4)21-10-6-5-7-11-21)26-35(33,34)22-12-8-9-19(17-22)24(31)28(3)20-13-15-27(2)16-14-20/h5-12,17,20,26H,13-16H2,1-4H3/p+1. The lowest BCUT2D eigenvalue weighted by Gasteiger charge is -2.33. The van der Waals surface area contributed by atoms with Crippen molar-refractivity contribution in [3.8, 4) is 5.69 Å². The molecule has 4 rings (SSSR count). The molecule has 0 unspecified atom stereocenters. The third-order valence-electron chi connectivity index (χ3n) is 6.86. The van der Waals surface area contributed by atoms with Gasteiger partial charge in [0, 0.05) is 38.5 Å². The molecule has 35 heavy (non-hydrogen) atoms. The lowest BCUT2D eigenvalue weighted by atomic mass is 10.0. The first-order valence-corrected chi connectivity index (χ1v) is 13.1. The molecule has 1 fully saturated rings. The van der Waals surface area contributed by atoms with Crippen LogP contribution < -0.4 is 15.2 Å². The van der Waals surface area contributed by atoms with Crippen LogP contribution in [0.25, 0.3) is 5.69 Å². The fraction of sp³-hybridized carbons (Fsp3) is 0.360. The summed E-state index contributed by atoms with van der Waals surface area (Å²) in [5.74, 6) is -0.214. The Morgan fingerprint density at radius 1 is 1.09 bits per heavy atom. The summed E-state index contributed by atoms with van der Waals surface area (Å²) >= 11 is 0. The van der Waals surface area contributed by atoms with Crippen LogP contribution in [0.3, 0.4) is 0 Å². The number of aromatic nitrogens is 2. The van der Waals surface area contributed by atoms with Crippen LogP contribution in [0.4, 0.5) is 5.69 Å². The van der Waals surface area contributed by atoms with Crippen LogP contribution in [0.1, 0.15) is 28.9 Å². The Morgan fingerprint density at radius 2 is 1.74 bits per heavy atom. The van der Waals surface area contributed by atoms with Crippen molar-refractivity contribution in [3.63, 3.8) is 0 Å². The molecule has 0 atom stereocenters. The number of sulfonamides is 1. The summed E-state index contributed by atoms with van der Waals surface area (Å²) in [7, 11) is 1.50. The molecule has 0 saturated carbocycles. The van der Waals surface area contributed by atoms with Crippen LogP contribution in [0.5, 0.6) is 0 Å². The van der Waals surface area contributed by atoms with Gasteiger partial charge in [-0.25, -0.2) is 13.1 Å². The zero-order valence-electron chi connectivity index (χ0n) is 20.5. The molecule has 10 heteroatoms. The van der Waals surface area contributed by atoms with Gasteiger partial charge in [0.25, 0.3) is 21.5 Å². The van der Waals surface area contributed by atoms with Gasteiger partial charge in [-0.05, 0) is 37.3 Å². The Labute approximate surface area is 205 Å². The Hall–Kier alpha value is -3.37. The number of benzene rings is 2. The number of rotatable bonds is 6. The maximum Gasteiger partial charge on any atom is 0.296 e. The Bertz CT molecular complexity index is 1390. The average Bonchev–Trinajstić information content (AvgIpc) is 3.07. The van der Waals surface area contributed by atoms with Gasteiger partial charge in [0.1, 0.15) is 5.69 Å². The average molecular weight is 499 g/mol. The number of quaternary nitrogens is 1. The summed E-state index contributed by atoms with van der Waals surface area (Å²) in [5, 5.41) is 0. The van der Waals surface area contributed by atoms with Gasteiger partial charge in [-0.2, -0.15) is 0 Å². The van der Waals surface area contributed by atoms with Crippen molar-refractivity contribution in [3.05, 3.63) is 76.2 Å². The number of piperidine rings is 1. The van der Waals surface area contributed by atoms with Crippen LogP contribution in [0.15, 0.2) is 64.3 Å². The minimum atomic E-state index is -4.11. The summed E-state index contributed by atoms with van der Waals surface area (Å²) in [5.41, 5.74) is 0.891. The monoisotopic (exact) mass is 498 g/mol. The van der Waals surface area contributed by atoms with Crippen LogP contribution >= 0.6 is 0 Å². The predicted octanol–water partition coefficient (Wildman–Crippen LogP) is 1.03. The Balaban J connectivity index is 1.61. The van der Waals surface area contributed by atoms with Gasteiger partial charge >= 0.3 is 0 Å². The SMILES string of the molecule is Cc1c(NS(=O)(=O)c2cccc(C(=O)N(C)C3CC[NH+](C)CC3)c2)c(=O)n(-c2ccccc2)n1C. The molecule has 0 spiro atoms. The number of nitrogens with zero attached hydrogens (tertiary/aromatic N) is 3. The van der Waals surface area contributed by atoms with Crippen LogP contribution in [0, 0.1) is 6.92 Å². The normalized spacial score (nSPS) is 18.3. The van der Waals surface area contributed by atoms with Gasteiger partial charge in [-0.3, -0.25) is 19.0 Å².